The van der Waals surface area contributed by atoms with Crippen LogP contribution in [0.2, 0.25) is 0 Å². The van der Waals surface area contributed by atoms with Crippen molar-refractivity contribution in [3.8, 4) is 78.5 Å². The van der Waals surface area contributed by atoms with Crippen LogP contribution in [0.4, 0.5) is 0 Å². The van der Waals surface area contributed by atoms with Gasteiger partial charge in [0.25, 0.3) is 0 Å². The monoisotopic (exact) mass is 703 g/mol. The molecule has 3 aromatic heterocycles. The molecular weight excluding hydrogens is 671 g/mol. The lowest BCUT2D eigenvalue weighted by atomic mass is 9.90. The van der Waals surface area contributed by atoms with Gasteiger partial charge in [-0.2, -0.15) is 0 Å². The van der Waals surface area contributed by atoms with E-state index in [0.717, 1.165) is 94.7 Å². The lowest BCUT2D eigenvalue weighted by molar-refractivity contribution is 0.670. The van der Waals surface area contributed by atoms with E-state index in [4.69, 9.17) is 19.4 Å². The third-order valence-corrected chi connectivity index (χ3v) is 10.2. The van der Waals surface area contributed by atoms with Crippen LogP contribution >= 0.6 is 0 Å². The van der Waals surface area contributed by atoms with Gasteiger partial charge in [-0.05, 0) is 70.3 Å². The number of hydrogen-bond acceptors (Lipinski definition) is 4. The van der Waals surface area contributed by atoms with Crippen LogP contribution in [0, 0.1) is 0 Å². The van der Waals surface area contributed by atoms with E-state index >= 15 is 0 Å². The Bertz CT molecular complexity index is 2970. The Hall–Kier alpha value is -7.43. The maximum atomic E-state index is 6.60. The van der Waals surface area contributed by atoms with Gasteiger partial charge < -0.3 is 4.42 Å². The highest BCUT2D eigenvalue weighted by atomic mass is 16.3. The SMILES string of the molecule is c1ccc(-c2nc(-c3cc(-c4ccccc4-c4ccccc4)cc(-c4cccc5c4oc4ccccc45)c3)cc(-c3ccccc3-c3ccccn3)n2)cc1. The lowest BCUT2D eigenvalue weighted by Crippen LogP contribution is -1.98. The maximum Gasteiger partial charge on any atom is 0.160 e. The Balaban J connectivity index is 1.24. The molecule has 0 saturated carbocycles. The second-order valence-electron chi connectivity index (χ2n) is 13.6. The molecule has 0 aliphatic heterocycles. The first-order valence-corrected chi connectivity index (χ1v) is 18.4. The zero-order valence-corrected chi connectivity index (χ0v) is 29.8. The minimum Gasteiger partial charge on any atom is -0.455 e. The molecule has 4 nitrogen and oxygen atoms in total. The van der Waals surface area contributed by atoms with Gasteiger partial charge in [0.1, 0.15) is 11.2 Å². The van der Waals surface area contributed by atoms with E-state index in [-0.39, 0.29) is 0 Å². The van der Waals surface area contributed by atoms with Gasteiger partial charge in [0.2, 0.25) is 0 Å². The Labute approximate surface area is 319 Å². The van der Waals surface area contributed by atoms with Gasteiger partial charge in [0.05, 0.1) is 17.1 Å². The molecule has 0 atom stereocenters. The molecule has 10 rings (SSSR count). The first-order chi connectivity index (χ1) is 27.3. The van der Waals surface area contributed by atoms with Gasteiger partial charge in [-0.15, -0.1) is 0 Å². The van der Waals surface area contributed by atoms with E-state index in [1.165, 1.54) is 0 Å². The predicted molar refractivity (Wildman–Crippen MR) is 225 cm³/mol. The molecule has 258 valence electrons. The van der Waals surface area contributed by atoms with E-state index in [9.17, 15) is 0 Å². The van der Waals surface area contributed by atoms with Crippen molar-refractivity contribution < 1.29 is 4.42 Å². The van der Waals surface area contributed by atoms with E-state index in [1.54, 1.807) is 0 Å². The Kier molecular flexibility index (Phi) is 8.12. The first-order valence-electron chi connectivity index (χ1n) is 18.4. The topological polar surface area (TPSA) is 51.8 Å². The molecule has 0 spiro atoms. The van der Waals surface area contributed by atoms with Crippen molar-refractivity contribution in [2.75, 3.05) is 0 Å². The highest BCUT2D eigenvalue weighted by molar-refractivity contribution is 6.10. The molecule has 4 heteroatoms. The molecule has 0 radical (unpaired) electrons. The van der Waals surface area contributed by atoms with Crippen molar-refractivity contribution >= 4 is 21.9 Å². The van der Waals surface area contributed by atoms with E-state index in [2.05, 4.69) is 140 Å². The summed E-state index contributed by atoms with van der Waals surface area (Å²) in [6.45, 7) is 0. The van der Waals surface area contributed by atoms with E-state index in [0.29, 0.717) is 5.82 Å². The fourth-order valence-electron chi connectivity index (χ4n) is 7.57. The van der Waals surface area contributed by atoms with Crippen LogP contribution in [0.25, 0.3) is 100 Å². The van der Waals surface area contributed by atoms with Crippen molar-refractivity contribution in [1.29, 1.82) is 0 Å². The number of nitrogens with zero attached hydrogens (tertiary/aromatic N) is 3. The molecule has 0 fully saturated rings. The maximum absolute atomic E-state index is 6.60. The van der Waals surface area contributed by atoms with Gasteiger partial charge in [-0.25, -0.2) is 9.97 Å². The summed E-state index contributed by atoms with van der Waals surface area (Å²) in [5, 5.41) is 2.19. The minimum absolute atomic E-state index is 0.653. The molecule has 0 unspecified atom stereocenters. The Morgan fingerprint density at radius 2 is 0.873 bits per heavy atom. The first kappa shape index (κ1) is 32.2. The molecule has 0 saturated heterocycles. The second kappa shape index (κ2) is 13.8. The normalized spacial score (nSPS) is 11.3. The van der Waals surface area contributed by atoms with Crippen LogP contribution in [-0.4, -0.2) is 15.0 Å². The summed E-state index contributed by atoms with van der Waals surface area (Å²) >= 11 is 0. The molecule has 7 aromatic carbocycles. The number of aromatic nitrogens is 3. The third kappa shape index (κ3) is 6.06. The van der Waals surface area contributed by atoms with Gasteiger partial charge in [-0.3, -0.25) is 4.98 Å². The Morgan fingerprint density at radius 1 is 0.327 bits per heavy atom. The number of fused-ring (bicyclic) bond motifs is 3. The smallest absolute Gasteiger partial charge is 0.160 e. The Morgan fingerprint density at radius 3 is 1.62 bits per heavy atom. The van der Waals surface area contributed by atoms with Gasteiger partial charge in [0, 0.05) is 44.8 Å². The van der Waals surface area contributed by atoms with Crippen LogP contribution in [-0.2, 0) is 0 Å². The molecule has 0 aliphatic carbocycles. The summed E-state index contributed by atoms with van der Waals surface area (Å²) in [5.74, 6) is 0.653. The molecule has 0 aliphatic rings. The summed E-state index contributed by atoms with van der Waals surface area (Å²) in [6, 6.07) is 67.3. The summed E-state index contributed by atoms with van der Waals surface area (Å²) in [4.78, 5) is 15.2. The van der Waals surface area contributed by atoms with Crippen molar-refractivity contribution in [3.05, 3.63) is 200 Å². The standard InChI is InChI=1S/C51H33N3O/c1-3-16-34(17-4-1)39-20-7-8-21-40(39)36-30-37(41-25-15-26-45-44-24-11-12-28-49(44)55-50(41)45)32-38(31-36)47-33-48(54-51(53-47)35-18-5-2-6-19-35)43-23-10-9-22-42(43)46-27-13-14-29-52-46/h1-33H. The molecule has 55 heavy (non-hydrogen) atoms. The number of rotatable bonds is 7. The van der Waals surface area contributed by atoms with Crippen molar-refractivity contribution in [2.45, 2.75) is 0 Å². The molecule has 0 amide bonds. The number of furan rings is 1. The molecule has 10 aromatic rings. The fourth-order valence-corrected chi connectivity index (χ4v) is 7.57. The van der Waals surface area contributed by atoms with Crippen molar-refractivity contribution in [3.63, 3.8) is 0 Å². The molecule has 0 N–H and O–H groups in total. The fraction of sp³-hybridized carbons (Fsp3) is 0. The summed E-state index contributed by atoms with van der Waals surface area (Å²) < 4.78 is 6.60. The summed E-state index contributed by atoms with van der Waals surface area (Å²) in [7, 11) is 0. The van der Waals surface area contributed by atoms with Gasteiger partial charge in [0.15, 0.2) is 5.82 Å². The zero-order valence-electron chi connectivity index (χ0n) is 29.8. The van der Waals surface area contributed by atoms with Crippen LogP contribution < -0.4 is 0 Å². The van der Waals surface area contributed by atoms with Gasteiger partial charge in [-0.1, -0.05) is 152 Å². The molecule has 0 bridgehead atoms. The van der Waals surface area contributed by atoms with Crippen molar-refractivity contribution in [1.82, 2.24) is 15.0 Å². The number of hydrogen-bond donors (Lipinski definition) is 0. The largest absolute Gasteiger partial charge is 0.455 e. The molecule has 3 heterocycles. The number of para-hydroxylation sites is 2. The predicted octanol–water partition coefficient (Wildman–Crippen LogP) is 13.4. The zero-order chi connectivity index (χ0) is 36.6. The average Bonchev–Trinajstić information content (AvgIpc) is 3.66. The van der Waals surface area contributed by atoms with Crippen LogP contribution in [0.3, 0.4) is 0 Å². The number of benzene rings is 7. The quantitative estimate of drug-likeness (QED) is 0.166. The van der Waals surface area contributed by atoms with Crippen molar-refractivity contribution in [2.24, 2.45) is 0 Å². The van der Waals surface area contributed by atoms with Crippen LogP contribution in [0.1, 0.15) is 0 Å². The van der Waals surface area contributed by atoms with E-state index in [1.807, 2.05) is 60.8 Å². The van der Waals surface area contributed by atoms with Gasteiger partial charge >= 0.3 is 0 Å². The van der Waals surface area contributed by atoms with Crippen LogP contribution in [0.5, 0.6) is 0 Å². The number of pyridine rings is 1. The van der Waals surface area contributed by atoms with Crippen LogP contribution in [0.15, 0.2) is 205 Å². The highest BCUT2D eigenvalue weighted by Gasteiger charge is 2.19. The third-order valence-electron chi connectivity index (χ3n) is 10.2. The van der Waals surface area contributed by atoms with E-state index < -0.39 is 0 Å². The second-order valence-corrected chi connectivity index (χ2v) is 13.6. The summed E-state index contributed by atoms with van der Waals surface area (Å²) in [5.41, 5.74) is 14.8. The average molecular weight is 704 g/mol. The minimum atomic E-state index is 0.653. The summed E-state index contributed by atoms with van der Waals surface area (Å²) in [6.07, 6.45) is 1.83. The highest BCUT2D eigenvalue weighted by Crippen LogP contribution is 2.42. The molecular formula is C51H33N3O. The lowest BCUT2D eigenvalue weighted by Gasteiger charge is -2.16.